The summed E-state index contributed by atoms with van der Waals surface area (Å²) in [6.07, 6.45) is 0.785. The summed E-state index contributed by atoms with van der Waals surface area (Å²) >= 11 is 0. The van der Waals surface area contributed by atoms with Crippen LogP contribution in [-0.4, -0.2) is 60.5 Å². The molecule has 2 atom stereocenters. The first kappa shape index (κ1) is 19.1. The molecule has 2 rings (SSSR count). The zero-order valence-corrected chi connectivity index (χ0v) is 14.5. The van der Waals surface area contributed by atoms with Crippen LogP contribution in [0, 0.1) is 6.92 Å². The molecule has 1 saturated heterocycles. The molecule has 25 heavy (non-hydrogen) atoms. The number of pyridine rings is 1. The summed E-state index contributed by atoms with van der Waals surface area (Å²) in [4.78, 5) is 27.2. The number of ether oxygens (including phenoxy) is 3. The quantitative estimate of drug-likeness (QED) is 0.709. The van der Waals surface area contributed by atoms with Gasteiger partial charge in [0, 0.05) is 12.3 Å². The summed E-state index contributed by atoms with van der Waals surface area (Å²) in [6, 6.07) is 3.34. The fourth-order valence-electron chi connectivity index (χ4n) is 2.59. The molecule has 8 heteroatoms. The number of carbonyl (C=O) groups is 2. The van der Waals surface area contributed by atoms with Crippen LogP contribution in [0.15, 0.2) is 12.1 Å². The number of hydrogen-bond acceptors (Lipinski definition) is 6. The number of nitrogens with zero attached hydrogens (tertiary/aromatic N) is 1. The lowest BCUT2D eigenvalue weighted by Crippen LogP contribution is -2.51. The lowest BCUT2D eigenvalue weighted by Gasteiger charge is -2.31. The van der Waals surface area contributed by atoms with Gasteiger partial charge in [0.25, 0.3) is 5.91 Å². The van der Waals surface area contributed by atoms with E-state index in [0.717, 1.165) is 11.4 Å². The Kier molecular flexibility index (Phi) is 7.15. The Balaban J connectivity index is 1.87. The Morgan fingerprint density at radius 3 is 2.92 bits per heavy atom. The van der Waals surface area contributed by atoms with Crippen LogP contribution in [-0.2, 0) is 25.5 Å². The second-order valence-electron chi connectivity index (χ2n) is 5.82. The topological polar surface area (TPSA) is 107 Å². The molecule has 2 heterocycles. The highest BCUT2D eigenvalue weighted by Gasteiger charge is 2.28. The fraction of sp³-hybridized carbons (Fsp3) is 0.588. The smallest absolute Gasteiger partial charge is 0.329 e. The summed E-state index contributed by atoms with van der Waals surface area (Å²) in [5.41, 5.74) is 1.70. The molecule has 0 radical (unpaired) electrons. The standard InChI is InChI=1S/C17H24N2O6/c1-3-12-14(5-4-11(2)18-12)24-9-16(20)19-13-6-7-23-8-15(13)25-10-17(21)22/h4-5,13,15H,3,6-10H2,1-2H3,(H,19,20)(H,21,22)/t13-,15-/m1/s1. The largest absolute Gasteiger partial charge is 0.482 e. The van der Waals surface area contributed by atoms with Gasteiger partial charge in [-0.05, 0) is 31.9 Å². The van der Waals surface area contributed by atoms with Gasteiger partial charge < -0.3 is 24.6 Å². The van der Waals surface area contributed by atoms with Gasteiger partial charge in [-0.2, -0.15) is 0 Å². The lowest BCUT2D eigenvalue weighted by atomic mass is 10.1. The van der Waals surface area contributed by atoms with Gasteiger partial charge in [0.15, 0.2) is 6.61 Å². The SMILES string of the molecule is CCc1nc(C)ccc1OCC(=O)N[C@@H]1CCOC[C@H]1OCC(=O)O. The van der Waals surface area contributed by atoms with Crippen LogP contribution >= 0.6 is 0 Å². The predicted molar refractivity (Wildman–Crippen MR) is 88.6 cm³/mol. The van der Waals surface area contributed by atoms with E-state index in [1.807, 2.05) is 26.0 Å². The molecule has 138 valence electrons. The van der Waals surface area contributed by atoms with Crippen molar-refractivity contribution in [1.29, 1.82) is 0 Å². The first-order valence-electron chi connectivity index (χ1n) is 8.29. The van der Waals surface area contributed by atoms with Crippen molar-refractivity contribution in [2.45, 2.75) is 38.8 Å². The number of carboxylic acid groups (broad SMARTS) is 1. The van der Waals surface area contributed by atoms with Crippen molar-refractivity contribution in [3.63, 3.8) is 0 Å². The highest BCUT2D eigenvalue weighted by Crippen LogP contribution is 2.17. The molecule has 1 aromatic rings. The van der Waals surface area contributed by atoms with Crippen molar-refractivity contribution in [2.24, 2.45) is 0 Å². The summed E-state index contributed by atoms with van der Waals surface area (Å²) in [5, 5.41) is 11.5. The summed E-state index contributed by atoms with van der Waals surface area (Å²) in [7, 11) is 0. The van der Waals surface area contributed by atoms with E-state index < -0.39 is 18.7 Å². The first-order valence-corrected chi connectivity index (χ1v) is 8.29. The van der Waals surface area contributed by atoms with E-state index in [1.165, 1.54) is 0 Å². The number of amides is 1. The third-order valence-corrected chi connectivity index (χ3v) is 3.84. The predicted octanol–water partition coefficient (Wildman–Crippen LogP) is 0.706. The van der Waals surface area contributed by atoms with Gasteiger partial charge in [-0.3, -0.25) is 9.78 Å². The number of carboxylic acids is 1. The number of carbonyl (C=O) groups excluding carboxylic acids is 1. The fourth-order valence-corrected chi connectivity index (χ4v) is 2.59. The van der Waals surface area contributed by atoms with E-state index >= 15 is 0 Å². The summed E-state index contributed by atoms with van der Waals surface area (Å²) in [6.45, 7) is 4.05. The average Bonchev–Trinajstić information content (AvgIpc) is 2.59. The third kappa shape index (κ3) is 5.99. The Labute approximate surface area is 146 Å². The van der Waals surface area contributed by atoms with Crippen molar-refractivity contribution in [3.05, 3.63) is 23.5 Å². The molecule has 1 amide bonds. The van der Waals surface area contributed by atoms with E-state index in [2.05, 4.69) is 10.3 Å². The molecule has 0 saturated carbocycles. The summed E-state index contributed by atoms with van der Waals surface area (Å²) < 4.78 is 16.1. The average molecular weight is 352 g/mol. The van der Waals surface area contributed by atoms with Gasteiger partial charge in [0.2, 0.25) is 0 Å². The maximum absolute atomic E-state index is 12.2. The molecular weight excluding hydrogens is 328 g/mol. The minimum absolute atomic E-state index is 0.138. The monoisotopic (exact) mass is 352 g/mol. The molecule has 1 aromatic heterocycles. The first-order chi connectivity index (χ1) is 12.0. The van der Waals surface area contributed by atoms with Crippen LogP contribution in [0.2, 0.25) is 0 Å². The number of aliphatic carboxylic acids is 1. The zero-order chi connectivity index (χ0) is 18.2. The molecule has 0 bridgehead atoms. The van der Waals surface area contributed by atoms with E-state index in [4.69, 9.17) is 19.3 Å². The van der Waals surface area contributed by atoms with Gasteiger partial charge in [0.05, 0.1) is 18.3 Å². The zero-order valence-electron chi connectivity index (χ0n) is 14.5. The number of hydrogen-bond donors (Lipinski definition) is 2. The molecule has 2 N–H and O–H groups in total. The van der Waals surface area contributed by atoms with Crippen LogP contribution in [0.1, 0.15) is 24.7 Å². The molecule has 0 unspecified atom stereocenters. The van der Waals surface area contributed by atoms with Crippen LogP contribution in [0.25, 0.3) is 0 Å². The maximum Gasteiger partial charge on any atom is 0.329 e. The van der Waals surface area contributed by atoms with Gasteiger partial charge in [0.1, 0.15) is 18.5 Å². The van der Waals surface area contributed by atoms with E-state index in [-0.39, 0.29) is 25.2 Å². The summed E-state index contributed by atoms with van der Waals surface area (Å²) in [5.74, 6) is -0.759. The number of rotatable bonds is 8. The Morgan fingerprint density at radius 1 is 1.40 bits per heavy atom. The van der Waals surface area contributed by atoms with Crippen LogP contribution < -0.4 is 10.1 Å². The number of aryl methyl sites for hydroxylation is 2. The molecular formula is C17H24N2O6. The molecule has 0 spiro atoms. The normalized spacial score (nSPS) is 20.1. The van der Waals surface area contributed by atoms with Crippen LogP contribution in [0.4, 0.5) is 0 Å². The van der Waals surface area contributed by atoms with Crippen LogP contribution in [0.3, 0.4) is 0 Å². The van der Waals surface area contributed by atoms with Gasteiger partial charge in [-0.15, -0.1) is 0 Å². The van der Waals surface area contributed by atoms with Gasteiger partial charge in [-0.25, -0.2) is 4.79 Å². The van der Waals surface area contributed by atoms with Crippen molar-refractivity contribution < 1.29 is 28.9 Å². The molecule has 0 aromatic carbocycles. The van der Waals surface area contributed by atoms with E-state index in [1.54, 1.807) is 0 Å². The van der Waals surface area contributed by atoms with E-state index in [9.17, 15) is 9.59 Å². The second-order valence-corrected chi connectivity index (χ2v) is 5.82. The Morgan fingerprint density at radius 2 is 2.20 bits per heavy atom. The molecule has 1 aliphatic rings. The molecule has 1 fully saturated rings. The molecule has 1 aliphatic heterocycles. The van der Waals surface area contributed by atoms with Crippen molar-refractivity contribution >= 4 is 11.9 Å². The Hall–Kier alpha value is -2.19. The van der Waals surface area contributed by atoms with E-state index in [0.29, 0.717) is 25.2 Å². The number of aromatic nitrogens is 1. The van der Waals surface area contributed by atoms with Gasteiger partial charge in [-0.1, -0.05) is 6.92 Å². The highest BCUT2D eigenvalue weighted by molar-refractivity contribution is 5.78. The molecule has 0 aliphatic carbocycles. The van der Waals surface area contributed by atoms with Crippen LogP contribution in [0.5, 0.6) is 5.75 Å². The van der Waals surface area contributed by atoms with Gasteiger partial charge >= 0.3 is 5.97 Å². The minimum Gasteiger partial charge on any atom is -0.482 e. The maximum atomic E-state index is 12.2. The highest BCUT2D eigenvalue weighted by atomic mass is 16.5. The van der Waals surface area contributed by atoms with Crippen molar-refractivity contribution in [1.82, 2.24) is 10.3 Å². The van der Waals surface area contributed by atoms with Crippen molar-refractivity contribution in [3.8, 4) is 5.75 Å². The number of nitrogens with one attached hydrogen (secondary N) is 1. The lowest BCUT2D eigenvalue weighted by molar-refractivity contribution is -0.149. The second kappa shape index (κ2) is 9.33. The minimum atomic E-state index is -1.06. The third-order valence-electron chi connectivity index (χ3n) is 3.84. The molecule has 8 nitrogen and oxygen atoms in total. The Bertz CT molecular complexity index is 607. The van der Waals surface area contributed by atoms with Crippen molar-refractivity contribution in [2.75, 3.05) is 26.4 Å².